The van der Waals surface area contributed by atoms with E-state index in [0.717, 1.165) is 22.6 Å². The van der Waals surface area contributed by atoms with Gasteiger partial charge in [-0.2, -0.15) is 0 Å². The molecule has 1 aliphatic carbocycles. The maximum Gasteiger partial charge on any atom is 0.104 e. The molecule has 1 heteroatoms. The maximum atomic E-state index is 10.6. The molecule has 21 heavy (non-hydrogen) atoms. The monoisotopic (exact) mass is 280 g/mol. The third-order valence-corrected chi connectivity index (χ3v) is 4.81. The van der Waals surface area contributed by atoms with E-state index in [0.29, 0.717) is 0 Å². The lowest BCUT2D eigenvalue weighted by atomic mass is 9.83. The minimum Gasteiger partial charge on any atom is -0.384 e. The van der Waals surface area contributed by atoms with Crippen molar-refractivity contribution in [2.45, 2.75) is 51.0 Å². The molecule has 0 aliphatic heterocycles. The zero-order valence-corrected chi connectivity index (χ0v) is 12.8. The first-order chi connectivity index (χ1) is 10.3. The number of rotatable bonds is 3. The molecule has 2 aromatic carbocycles. The van der Waals surface area contributed by atoms with Crippen LogP contribution in [0.25, 0.3) is 0 Å². The lowest BCUT2D eigenvalue weighted by molar-refractivity contribution is 0.219. The van der Waals surface area contributed by atoms with Crippen molar-refractivity contribution in [3.05, 3.63) is 70.8 Å². The highest BCUT2D eigenvalue weighted by molar-refractivity contribution is 5.36. The van der Waals surface area contributed by atoms with E-state index in [4.69, 9.17) is 0 Å². The van der Waals surface area contributed by atoms with E-state index in [9.17, 15) is 5.11 Å². The van der Waals surface area contributed by atoms with Crippen LogP contribution in [0.15, 0.2) is 48.5 Å². The van der Waals surface area contributed by atoms with Crippen molar-refractivity contribution in [1.29, 1.82) is 0 Å². The van der Waals surface area contributed by atoms with Crippen molar-refractivity contribution >= 4 is 0 Å². The van der Waals surface area contributed by atoms with Crippen molar-refractivity contribution in [3.8, 4) is 0 Å². The summed E-state index contributed by atoms with van der Waals surface area (Å²) in [5, 5.41) is 10.6. The number of aryl methyl sites for hydroxylation is 1. The molecule has 2 aromatic rings. The van der Waals surface area contributed by atoms with Gasteiger partial charge in [-0.3, -0.25) is 0 Å². The van der Waals surface area contributed by atoms with Gasteiger partial charge in [-0.1, -0.05) is 67.8 Å². The van der Waals surface area contributed by atoms with E-state index >= 15 is 0 Å². The van der Waals surface area contributed by atoms with Gasteiger partial charge in [0.05, 0.1) is 0 Å². The standard InChI is InChI=1S/C20H24O/c1-15-7-5-6-10-19(15)20(21)18-13-11-17(12-14-18)16-8-3-2-4-9-16/h5-7,10-14,16,20-21H,2-4,8-9H2,1H3. The first-order valence-electron chi connectivity index (χ1n) is 8.09. The summed E-state index contributed by atoms with van der Waals surface area (Å²) < 4.78 is 0. The molecule has 0 bridgehead atoms. The summed E-state index contributed by atoms with van der Waals surface area (Å²) >= 11 is 0. The third-order valence-electron chi connectivity index (χ3n) is 4.81. The van der Waals surface area contributed by atoms with Crippen LogP contribution in [0.5, 0.6) is 0 Å². The highest BCUT2D eigenvalue weighted by atomic mass is 16.3. The number of hydrogen-bond donors (Lipinski definition) is 1. The predicted molar refractivity (Wildman–Crippen MR) is 87.5 cm³/mol. The van der Waals surface area contributed by atoms with Gasteiger partial charge in [0.2, 0.25) is 0 Å². The van der Waals surface area contributed by atoms with E-state index in [1.54, 1.807) is 0 Å². The molecule has 1 aliphatic rings. The van der Waals surface area contributed by atoms with Crippen molar-refractivity contribution in [1.82, 2.24) is 0 Å². The Morgan fingerprint density at radius 2 is 1.57 bits per heavy atom. The average Bonchev–Trinajstić information content (AvgIpc) is 2.56. The Kier molecular flexibility index (Phi) is 4.40. The molecule has 3 rings (SSSR count). The van der Waals surface area contributed by atoms with E-state index in [-0.39, 0.29) is 0 Å². The molecule has 0 heterocycles. The molecule has 0 spiro atoms. The van der Waals surface area contributed by atoms with Gasteiger partial charge in [-0.15, -0.1) is 0 Å². The van der Waals surface area contributed by atoms with Crippen LogP contribution in [0.4, 0.5) is 0 Å². The second-order valence-electron chi connectivity index (χ2n) is 6.26. The summed E-state index contributed by atoms with van der Waals surface area (Å²) in [6.45, 7) is 2.05. The zero-order valence-electron chi connectivity index (χ0n) is 12.8. The van der Waals surface area contributed by atoms with Crippen LogP contribution >= 0.6 is 0 Å². The van der Waals surface area contributed by atoms with Gasteiger partial charge in [0.1, 0.15) is 6.10 Å². The molecule has 1 unspecified atom stereocenters. The molecule has 0 radical (unpaired) electrons. The normalized spacial score (nSPS) is 17.6. The van der Waals surface area contributed by atoms with Gasteiger partial charge in [-0.05, 0) is 47.9 Å². The summed E-state index contributed by atoms with van der Waals surface area (Å²) in [7, 11) is 0. The number of benzene rings is 2. The summed E-state index contributed by atoms with van der Waals surface area (Å²) in [4.78, 5) is 0. The Labute approximate surface area is 127 Å². The molecule has 1 nitrogen and oxygen atoms in total. The summed E-state index contributed by atoms with van der Waals surface area (Å²) in [6, 6.07) is 16.7. The minimum atomic E-state index is -0.522. The Morgan fingerprint density at radius 1 is 0.905 bits per heavy atom. The van der Waals surface area contributed by atoms with Crippen molar-refractivity contribution in [3.63, 3.8) is 0 Å². The van der Waals surface area contributed by atoms with E-state index in [1.807, 2.05) is 18.2 Å². The first kappa shape index (κ1) is 14.3. The largest absolute Gasteiger partial charge is 0.384 e. The van der Waals surface area contributed by atoms with Crippen molar-refractivity contribution < 1.29 is 5.11 Å². The van der Waals surface area contributed by atoms with Crippen molar-refractivity contribution in [2.24, 2.45) is 0 Å². The molecule has 0 aromatic heterocycles. The van der Waals surface area contributed by atoms with Crippen LogP contribution in [0, 0.1) is 6.92 Å². The van der Waals surface area contributed by atoms with Crippen LogP contribution in [0.3, 0.4) is 0 Å². The van der Waals surface area contributed by atoms with Gasteiger partial charge >= 0.3 is 0 Å². The second-order valence-corrected chi connectivity index (χ2v) is 6.26. The van der Waals surface area contributed by atoms with Gasteiger partial charge in [-0.25, -0.2) is 0 Å². The SMILES string of the molecule is Cc1ccccc1C(O)c1ccc(C2CCCCC2)cc1. The Bertz CT molecular complexity index is 579. The molecule has 1 saturated carbocycles. The quantitative estimate of drug-likeness (QED) is 0.827. The Balaban J connectivity index is 1.79. The smallest absolute Gasteiger partial charge is 0.104 e. The number of aliphatic hydroxyl groups excluding tert-OH is 1. The van der Waals surface area contributed by atoms with Crippen LogP contribution in [0.1, 0.15) is 66.4 Å². The minimum absolute atomic E-state index is 0.522. The summed E-state index contributed by atoms with van der Waals surface area (Å²) in [6.07, 6.45) is 6.22. The summed E-state index contributed by atoms with van der Waals surface area (Å²) in [5.74, 6) is 0.725. The van der Waals surface area contributed by atoms with Crippen molar-refractivity contribution in [2.75, 3.05) is 0 Å². The van der Waals surface area contributed by atoms with Crippen LogP contribution in [-0.2, 0) is 0 Å². The van der Waals surface area contributed by atoms with E-state index < -0.39 is 6.10 Å². The van der Waals surface area contributed by atoms with Gasteiger partial charge in [0, 0.05) is 0 Å². The van der Waals surface area contributed by atoms with E-state index in [1.165, 1.54) is 37.7 Å². The fourth-order valence-corrected chi connectivity index (χ4v) is 3.46. The molecule has 0 saturated heterocycles. The van der Waals surface area contributed by atoms with Gasteiger partial charge in [0.15, 0.2) is 0 Å². The lowest BCUT2D eigenvalue weighted by Gasteiger charge is -2.22. The average molecular weight is 280 g/mol. The Hall–Kier alpha value is -1.60. The number of hydrogen-bond acceptors (Lipinski definition) is 1. The Morgan fingerprint density at radius 3 is 2.24 bits per heavy atom. The molecule has 0 amide bonds. The van der Waals surface area contributed by atoms with E-state index in [2.05, 4.69) is 37.3 Å². The molecule has 1 fully saturated rings. The topological polar surface area (TPSA) is 20.2 Å². The maximum absolute atomic E-state index is 10.6. The van der Waals surface area contributed by atoms with Crippen LogP contribution in [0.2, 0.25) is 0 Å². The highest BCUT2D eigenvalue weighted by Gasteiger charge is 2.17. The van der Waals surface area contributed by atoms with Gasteiger partial charge < -0.3 is 5.11 Å². The van der Waals surface area contributed by atoms with Gasteiger partial charge in [0.25, 0.3) is 0 Å². The van der Waals surface area contributed by atoms with Crippen LogP contribution < -0.4 is 0 Å². The fraction of sp³-hybridized carbons (Fsp3) is 0.400. The molecular formula is C20H24O. The zero-order chi connectivity index (χ0) is 14.7. The molecule has 1 atom stereocenters. The predicted octanol–water partition coefficient (Wildman–Crippen LogP) is 5.12. The number of aliphatic hydroxyl groups is 1. The second kappa shape index (κ2) is 6.44. The highest BCUT2D eigenvalue weighted by Crippen LogP contribution is 2.33. The molecular weight excluding hydrogens is 256 g/mol. The third kappa shape index (κ3) is 3.19. The molecule has 1 N–H and O–H groups in total. The summed E-state index contributed by atoms with van der Waals surface area (Å²) in [5.41, 5.74) is 4.57. The fourth-order valence-electron chi connectivity index (χ4n) is 3.46. The lowest BCUT2D eigenvalue weighted by Crippen LogP contribution is -2.06. The molecule has 110 valence electrons. The van der Waals surface area contributed by atoms with Crippen LogP contribution in [-0.4, -0.2) is 5.11 Å². The first-order valence-corrected chi connectivity index (χ1v) is 8.09.